The van der Waals surface area contributed by atoms with Crippen molar-refractivity contribution in [1.29, 1.82) is 0 Å². The quantitative estimate of drug-likeness (QED) is 0.799. The number of rotatable bonds is 2. The maximum Gasteiger partial charge on any atom is 0.305 e. The van der Waals surface area contributed by atoms with Crippen LogP contribution in [-0.2, 0) is 6.42 Å². The average Bonchev–Trinajstić information content (AvgIpc) is 2.35. The number of benzene rings is 1. The van der Waals surface area contributed by atoms with Crippen LogP contribution in [0.1, 0.15) is 22.6 Å². The third-order valence-corrected chi connectivity index (χ3v) is 2.80. The van der Waals surface area contributed by atoms with Gasteiger partial charge in [0.2, 0.25) is 0 Å². The van der Waals surface area contributed by atoms with E-state index in [1.54, 1.807) is 13.8 Å². The third kappa shape index (κ3) is 2.20. The zero-order valence-corrected chi connectivity index (χ0v) is 9.84. The highest BCUT2D eigenvalue weighted by Gasteiger charge is 2.10. The number of aryl methyl sites for hydroxylation is 1. The zero-order valence-electron chi connectivity index (χ0n) is 9.84. The lowest BCUT2D eigenvalue weighted by atomic mass is 10.1. The van der Waals surface area contributed by atoms with Crippen molar-refractivity contribution in [2.24, 2.45) is 0 Å². The van der Waals surface area contributed by atoms with E-state index in [1.165, 1.54) is 0 Å². The smallest absolute Gasteiger partial charge is 0.305 e. The monoisotopic (exact) mass is 230 g/mol. The molecule has 2 rings (SSSR count). The molecule has 4 heteroatoms. The maximum atomic E-state index is 11.8. The fourth-order valence-electron chi connectivity index (χ4n) is 1.66. The van der Waals surface area contributed by atoms with E-state index < -0.39 is 5.56 Å². The van der Waals surface area contributed by atoms with Crippen LogP contribution < -0.4 is 5.56 Å². The molecule has 0 atom stereocenters. The summed E-state index contributed by atoms with van der Waals surface area (Å²) in [6, 6.07) is 9.60. The Hall–Kier alpha value is -2.10. The number of nitrogens with zero attached hydrogens (tertiary/aromatic N) is 2. The number of hydrogen-bond acceptors (Lipinski definition) is 3. The highest BCUT2D eigenvalue weighted by molar-refractivity contribution is 5.22. The number of aromatic nitrogens is 2. The Morgan fingerprint density at radius 1 is 1.24 bits per heavy atom. The van der Waals surface area contributed by atoms with Gasteiger partial charge in [0, 0.05) is 6.42 Å². The molecule has 88 valence electrons. The van der Waals surface area contributed by atoms with Gasteiger partial charge in [0.05, 0.1) is 11.4 Å². The Bertz CT molecular complexity index is 588. The normalized spacial score (nSPS) is 10.5. The summed E-state index contributed by atoms with van der Waals surface area (Å²) in [5.41, 5.74) is 2.06. The molecular formula is C13H14N2O2. The van der Waals surface area contributed by atoms with Gasteiger partial charge in [0.15, 0.2) is 0 Å². The molecule has 0 fully saturated rings. The van der Waals surface area contributed by atoms with E-state index in [0.29, 0.717) is 28.2 Å². The molecule has 0 aliphatic heterocycles. The van der Waals surface area contributed by atoms with Gasteiger partial charge in [-0.05, 0) is 19.4 Å². The van der Waals surface area contributed by atoms with E-state index >= 15 is 0 Å². The second-order valence-electron chi connectivity index (χ2n) is 4.01. The fourth-order valence-corrected chi connectivity index (χ4v) is 1.66. The molecule has 0 radical (unpaired) electrons. The molecule has 0 unspecified atom stereocenters. The van der Waals surface area contributed by atoms with Crippen LogP contribution in [0, 0.1) is 13.8 Å². The second kappa shape index (κ2) is 4.41. The highest BCUT2D eigenvalue weighted by atomic mass is 16.5. The van der Waals surface area contributed by atoms with Gasteiger partial charge in [-0.3, -0.25) is 4.79 Å². The fraction of sp³-hybridized carbons (Fsp3) is 0.231. The molecule has 1 aromatic heterocycles. The van der Waals surface area contributed by atoms with E-state index in [1.807, 2.05) is 30.3 Å². The first-order valence-electron chi connectivity index (χ1n) is 5.42. The summed E-state index contributed by atoms with van der Waals surface area (Å²) in [7, 11) is 0. The first kappa shape index (κ1) is 11.4. The van der Waals surface area contributed by atoms with Crippen LogP contribution in [-0.4, -0.2) is 14.9 Å². The molecule has 2 aromatic rings. The van der Waals surface area contributed by atoms with E-state index in [-0.39, 0.29) is 0 Å². The Kier molecular flexibility index (Phi) is 2.95. The standard InChI is InChI=1S/C13H14N2O2/c1-9-10(2)15(17)13(16)12(14-9)8-11-6-4-3-5-7-11/h3-7,17H,8H2,1-2H3. The molecule has 17 heavy (non-hydrogen) atoms. The molecule has 1 N–H and O–H groups in total. The van der Waals surface area contributed by atoms with Crippen LogP contribution in [0.15, 0.2) is 35.1 Å². The minimum Gasteiger partial charge on any atom is -0.425 e. The van der Waals surface area contributed by atoms with Gasteiger partial charge < -0.3 is 5.21 Å². The van der Waals surface area contributed by atoms with Crippen molar-refractivity contribution in [3.63, 3.8) is 0 Å². The van der Waals surface area contributed by atoms with Crippen molar-refractivity contribution >= 4 is 0 Å². The molecule has 0 bridgehead atoms. The summed E-state index contributed by atoms with van der Waals surface area (Å²) in [4.78, 5) is 16.0. The first-order chi connectivity index (χ1) is 8.09. The van der Waals surface area contributed by atoms with Gasteiger partial charge >= 0.3 is 5.56 Å². The Morgan fingerprint density at radius 2 is 1.88 bits per heavy atom. The summed E-state index contributed by atoms with van der Waals surface area (Å²) in [6.45, 7) is 3.44. The lowest BCUT2D eigenvalue weighted by Gasteiger charge is -2.07. The summed E-state index contributed by atoms with van der Waals surface area (Å²) in [5.74, 6) is 0. The van der Waals surface area contributed by atoms with Crippen molar-refractivity contribution < 1.29 is 5.21 Å². The SMILES string of the molecule is Cc1nc(Cc2ccccc2)c(=O)n(O)c1C. The minimum absolute atomic E-state index is 0.363. The van der Waals surface area contributed by atoms with E-state index in [9.17, 15) is 10.0 Å². The molecule has 1 heterocycles. The molecule has 0 aliphatic carbocycles. The Labute approximate surface area is 99.1 Å². The molecule has 0 spiro atoms. The van der Waals surface area contributed by atoms with Crippen LogP contribution in [0.3, 0.4) is 0 Å². The van der Waals surface area contributed by atoms with Crippen molar-refractivity contribution in [2.45, 2.75) is 20.3 Å². The van der Waals surface area contributed by atoms with Gasteiger partial charge in [0.25, 0.3) is 0 Å². The minimum atomic E-state index is -0.447. The predicted octanol–water partition coefficient (Wildman–Crippen LogP) is 1.69. The molecule has 1 aromatic carbocycles. The van der Waals surface area contributed by atoms with Crippen molar-refractivity contribution in [3.8, 4) is 0 Å². The van der Waals surface area contributed by atoms with E-state index in [4.69, 9.17) is 0 Å². The molecular weight excluding hydrogens is 216 g/mol. The summed E-state index contributed by atoms with van der Waals surface area (Å²) in [6.07, 6.45) is 0.432. The van der Waals surface area contributed by atoms with Crippen LogP contribution in [0.5, 0.6) is 0 Å². The third-order valence-electron chi connectivity index (χ3n) is 2.80. The van der Waals surface area contributed by atoms with E-state index in [2.05, 4.69) is 4.98 Å². The lowest BCUT2D eigenvalue weighted by Crippen LogP contribution is -2.26. The molecule has 0 saturated carbocycles. The Balaban J connectivity index is 2.44. The Morgan fingerprint density at radius 3 is 2.53 bits per heavy atom. The van der Waals surface area contributed by atoms with Gasteiger partial charge in [-0.25, -0.2) is 4.98 Å². The van der Waals surface area contributed by atoms with Gasteiger partial charge in [-0.1, -0.05) is 30.3 Å². The van der Waals surface area contributed by atoms with E-state index in [0.717, 1.165) is 5.56 Å². The predicted molar refractivity (Wildman–Crippen MR) is 64.4 cm³/mol. The lowest BCUT2D eigenvalue weighted by molar-refractivity contribution is 0.165. The van der Waals surface area contributed by atoms with Gasteiger partial charge in [-0.2, -0.15) is 0 Å². The van der Waals surface area contributed by atoms with Crippen molar-refractivity contribution in [3.05, 3.63) is 63.3 Å². The van der Waals surface area contributed by atoms with Crippen LogP contribution in [0.2, 0.25) is 0 Å². The molecule has 0 aliphatic rings. The van der Waals surface area contributed by atoms with Crippen LogP contribution in [0.4, 0.5) is 0 Å². The summed E-state index contributed by atoms with van der Waals surface area (Å²) < 4.78 is 0.667. The summed E-state index contributed by atoms with van der Waals surface area (Å²) >= 11 is 0. The van der Waals surface area contributed by atoms with Gasteiger partial charge in [0.1, 0.15) is 5.69 Å². The highest BCUT2D eigenvalue weighted by Crippen LogP contribution is 2.06. The van der Waals surface area contributed by atoms with Crippen molar-refractivity contribution in [2.75, 3.05) is 0 Å². The zero-order chi connectivity index (χ0) is 12.4. The maximum absolute atomic E-state index is 11.8. The average molecular weight is 230 g/mol. The van der Waals surface area contributed by atoms with Crippen LogP contribution >= 0.6 is 0 Å². The largest absolute Gasteiger partial charge is 0.425 e. The second-order valence-corrected chi connectivity index (χ2v) is 4.01. The molecule has 4 nitrogen and oxygen atoms in total. The van der Waals surface area contributed by atoms with Crippen molar-refractivity contribution in [1.82, 2.24) is 9.71 Å². The van der Waals surface area contributed by atoms with Gasteiger partial charge in [-0.15, -0.1) is 4.73 Å². The number of hydrogen-bond donors (Lipinski definition) is 1. The van der Waals surface area contributed by atoms with Crippen LogP contribution in [0.25, 0.3) is 0 Å². The summed E-state index contributed by atoms with van der Waals surface area (Å²) in [5, 5.41) is 9.61. The topological polar surface area (TPSA) is 55.1 Å². The molecule has 0 saturated heterocycles. The first-order valence-corrected chi connectivity index (χ1v) is 5.42. The molecule has 0 amide bonds.